The first-order valence-corrected chi connectivity index (χ1v) is 9.34. The van der Waals surface area contributed by atoms with Crippen molar-refractivity contribution in [1.29, 1.82) is 5.26 Å². The first-order chi connectivity index (χ1) is 13.5. The van der Waals surface area contributed by atoms with Crippen molar-refractivity contribution < 1.29 is 29.6 Å². The highest BCUT2D eigenvalue weighted by molar-refractivity contribution is 6.34. The van der Waals surface area contributed by atoms with Crippen LogP contribution in [-0.2, 0) is 11.2 Å². The molecule has 0 spiro atoms. The molecule has 9 nitrogen and oxygen atoms in total. The normalized spacial score (nSPS) is 12.0. The van der Waals surface area contributed by atoms with Crippen LogP contribution < -0.4 is 5.32 Å². The molecule has 0 saturated carbocycles. The molecule has 1 aromatic carbocycles. The van der Waals surface area contributed by atoms with Crippen LogP contribution in [0.3, 0.4) is 0 Å². The van der Waals surface area contributed by atoms with Gasteiger partial charge in [-0.2, -0.15) is 5.26 Å². The fraction of sp³-hybridized carbons (Fsp3) is 0.526. The van der Waals surface area contributed by atoms with Crippen LogP contribution in [0, 0.1) is 11.3 Å². The van der Waals surface area contributed by atoms with Crippen LogP contribution in [0.15, 0.2) is 12.1 Å². The predicted molar refractivity (Wildman–Crippen MR) is 107 cm³/mol. The Hall–Kier alpha value is -2.54. The number of aryl methyl sites for hydroxylation is 1. The standard InChI is InChI=1S/C19H26ClN3O6/c1-19(2,3)29-17(26)22-15-9-12(10-21)8-13(16(15)20)4-5-14(25)11-23(6-7-24)18(27)28/h8-9,14,24-25H,4-7,11H2,1-3H3,(H,22,26)(H,27,28). The van der Waals surface area contributed by atoms with Gasteiger partial charge in [0.15, 0.2) is 0 Å². The summed E-state index contributed by atoms with van der Waals surface area (Å²) in [7, 11) is 0. The number of benzene rings is 1. The minimum atomic E-state index is -1.24. The van der Waals surface area contributed by atoms with Crippen LogP contribution in [-0.4, -0.2) is 63.8 Å². The van der Waals surface area contributed by atoms with E-state index in [9.17, 15) is 20.0 Å². The van der Waals surface area contributed by atoms with Crippen LogP contribution in [0.5, 0.6) is 0 Å². The third-order valence-corrected chi connectivity index (χ3v) is 4.18. The van der Waals surface area contributed by atoms with Crippen LogP contribution in [0.4, 0.5) is 15.3 Å². The average molecular weight is 428 g/mol. The molecule has 0 saturated heterocycles. The van der Waals surface area contributed by atoms with Crippen LogP contribution in [0.2, 0.25) is 5.02 Å². The molecule has 1 rings (SSSR count). The van der Waals surface area contributed by atoms with Gasteiger partial charge in [-0.25, -0.2) is 9.59 Å². The number of rotatable bonds is 8. The van der Waals surface area contributed by atoms with Crippen molar-refractivity contribution in [2.75, 3.05) is 25.0 Å². The summed E-state index contributed by atoms with van der Waals surface area (Å²) < 4.78 is 5.18. The maximum absolute atomic E-state index is 12.0. The summed E-state index contributed by atoms with van der Waals surface area (Å²) in [6.45, 7) is 4.50. The van der Waals surface area contributed by atoms with Crippen LogP contribution in [0.25, 0.3) is 0 Å². The van der Waals surface area contributed by atoms with Gasteiger partial charge in [0.1, 0.15) is 5.60 Å². The largest absolute Gasteiger partial charge is 0.465 e. The van der Waals surface area contributed by atoms with E-state index in [1.165, 1.54) is 12.1 Å². The Morgan fingerprint density at radius 1 is 1.38 bits per heavy atom. The van der Waals surface area contributed by atoms with Gasteiger partial charge in [-0.05, 0) is 51.3 Å². The molecule has 160 valence electrons. The number of hydrogen-bond acceptors (Lipinski definition) is 6. The molecule has 0 heterocycles. The molecule has 1 aromatic rings. The van der Waals surface area contributed by atoms with E-state index in [-0.39, 0.29) is 48.8 Å². The summed E-state index contributed by atoms with van der Waals surface area (Å²) in [6.07, 6.45) is -2.56. The number of anilines is 1. The molecule has 0 fully saturated rings. The highest BCUT2D eigenvalue weighted by atomic mass is 35.5. The summed E-state index contributed by atoms with van der Waals surface area (Å²) in [4.78, 5) is 24.0. The number of nitrogens with one attached hydrogen (secondary N) is 1. The van der Waals surface area contributed by atoms with Crippen molar-refractivity contribution in [3.05, 3.63) is 28.3 Å². The number of carboxylic acid groups (broad SMARTS) is 1. The van der Waals surface area contributed by atoms with Crippen molar-refractivity contribution in [2.45, 2.75) is 45.3 Å². The lowest BCUT2D eigenvalue weighted by atomic mass is 10.0. The van der Waals surface area contributed by atoms with Gasteiger partial charge in [0, 0.05) is 6.54 Å². The fourth-order valence-corrected chi connectivity index (χ4v) is 2.74. The van der Waals surface area contributed by atoms with Gasteiger partial charge in [-0.3, -0.25) is 5.32 Å². The lowest BCUT2D eigenvalue weighted by molar-refractivity contribution is 0.0636. The van der Waals surface area contributed by atoms with Gasteiger partial charge in [0.25, 0.3) is 0 Å². The summed E-state index contributed by atoms with van der Waals surface area (Å²) in [6, 6.07) is 4.94. The van der Waals surface area contributed by atoms with Crippen LogP contribution >= 0.6 is 11.6 Å². The SMILES string of the molecule is CC(C)(C)OC(=O)Nc1cc(C#N)cc(CCC(O)CN(CCO)C(=O)O)c1Cl. The van der Waals surface area contributed by atoms with E-state index in [0.29, 0.717) is 5.56 Å². The van der Waals surface area contributed by atoms with E-state index in [0.717, 1.165) is 4.90 Å². The number of aliphatic hydroxyl groups is 2. The highest BCUT2D eigenvalue weighted by Gasteiger charge is 2.20. The fourth-order valence-electron chi connectivity index (χ4n) is 2.49. The summed E-state index contributed by atoms with van der Waals surface area (Å²) in [5.41, 5.74) is 0.273. The molecule has 29 heavy (non-hydrogen) atoms. The molecule has 0 aliphatic carbocycles. The Labute approximate surface area is 174 Å². The molecular weight excluding hydrogens is 402 g/mol. The minimum Gasteiger partial charge on any atom is -0.465 e. The molecule has 1 atom stereocenters. The number of halogens is 1. The second kappa shape index (κ2) is 10.9. The number of aliphatic hydroxyl groups excluding tert-OH is 2. The molecule has 0 aliphatic heterocycles. The number of carbonyl (C=O) groups excluding carboxylic acids is 1. The molecule has 2 amide bonds. The number of amides is 2. The molecule has 0 bridgehead atoms. The Bertz CT molecular complexity index is 772. The molecule has 1 unspecified atom stereocenters. The first kappa shape index (κ1) is 24.5. The summed E-state index contributed by atoms with van der Waals surface area (Å²) in [5, 5.41) is 40.0. The molecule has 0 aromatic heterocycles. The number of ether oxygens (including phenoxy) is 1. The molecule has 10 heteroatoms. The zero-order valence-corrected chi connectivity index (χ0v) is 17.4. The van der Waals surface area contributed by atoms with Gasteiger partial charge in [-0.1, -0.05) is 11.6 Å². The Balaban J connectivity index is 2.90. The average Bonchev–Trinajstić information content (AvgIpc) is 2.60. The Kier molecular flexibility index (Phi) is 9.17. The Morgan fingerprint density at radius 3 is 2.55 bits per heavy atom. The second-order valence-corrected chi connectivity index (χ2v) is 7.76. The van der Waals surface area contributed by atoms with Gasteiger partial charge in [-0.15, -0.1) is 0 Å². The molecular formula is C19H26ClN3O6. The third-order valence-electron chi connectivity index (χ3n) is 3.73. The number of nitriles is 1. The lowest BCUT2D eigenvalue weighted by Crippen LogP contribution is -2.38. The van der Waals surface area contributed by atoms with Crippen LogP contribution in [0.1, 0.15) is 38.3 Å². The third kappa shape index (κ3) is 8.56. The van der Waals surface area contributed by atoms with Gasteiger partial charge in [0.2, 0.25) is 0 Å². The van der Waals surface area contributed by atoms with E-state index in [4.69, 9.17) is 26.6 Å². The minimum absolute atomic E-state index is 0.110. The zero-order chi connectivity index (χ0) is 22.2. The maximum Gasteiger partial charge on any atom is 0.412 e. The monoisotopic (exact) mass is 427 g/mol. The molecule has 4 N–H and O–H groups in total. The number of nitrogens with zero attached hydrogens (tertiary/aromatic N) is 2. The topological polar surface area (TPSA) is 143 Å². The smallest absolute Gasteiger partial charge is 0.412 e. The van der Waals surface area contributed by atoms with Gasteiger partial charge < -0.3 is 25.0 Å². The van der Waals surface area contributed by atoms with Gasteiger partial charge in [0.05, 0.1) is 41.6 Å². The highest BCUT2D eigenvalue weighted by Crippen LogP contribution is 2.29. The van der Waals surface area contributed by atoms with Crippen molar-refractivity contribution in [2.24, 2.45) is 0 Å². The van der Waals surface area contributed by atoms with E-state index < -0.39 is 23.9 Å². The maximum atomic E-state index is 12.0. The zero-order valence-electron chi connectivity index (χ0n) is 16.6. The lowest BCUT2D eigenvalue weighted by Gasteiger charge is -2.22. The van der Waals surface area contributed by atoms with Crippen molar-refractivity contribution >= 4 is 29.5 Å². The quantitative estimate of drug-likeness (QED) is 0.499. The molecule has 0 radical (unpaired) electrons. The van der Waals surface area contributed by atoms with Crippen molar-refractivity contribution in [1.82, 2.24) is 4.90 Å². The number of carbonyl (C=O) groups is 2. The Morgan fingerprint density at radius 2 is 2.03 bits per heavy atom. The molecule has 0 aliphatic rings. The van der Waals surface area contributed by atoms with E-state index >= 15 is 0 Å². The van der Waals surface area contributed by atoms with E-state index in [1.807, 2.05) is 6.07 Å². The van der Waals surface area contributed by atoms with E-state index in [1.54, 1.807) is 20.8 Å². The van der Waals surface area contributed by atoms with E-state index in [2.05, 4.69) is 5.32 Å². The van der Waals surface area contributed by atoms with Crippen molar-refractivity contribution in [3.8, 4) is 6.07 Å². The predicted octanol–water partition coefficient (Wildman–Crippen LogP) is 2.82. The second-order valence-electron chi connectivity index (χ2n) is 7.38. The first-order valence-electron chi connectivity index (χ1n) is 8.96. The van der Waals surface area contributed by atoms with Gasteiger partial charge >= 0.3 is 12.2 Å². The summed E-state index contributed by atoms with van der Waals surface area (Å²) >= 11 is 6.34. The number of hydrogen-bond donors (Lipinski definition) is 4. The summed E-state index contributed by atoms with van der Waals surface area (Å²) in [5.74, 6) is 0. The van der Waals surface area contributed by atoms with Crippen molar-refractivity contribution in [3.63, 3.8) is 0 Å².